The van der Waals surface area contributed by atoms with Gasteiger partial charge in [0, 0.05) is 31.5 Å². The van der Waals surface area contributed by atoms with E-state index in [1.165, 1.54) is 0 Å². The van der Waals surface area contributed by atoms with E-state index in [-0.39, 0.29) is 24.6 Å². The summed E-state index contributed by atoms with van der Waals surface area (Å²) in [6, 6.07) is 1.47. The molecule has 102 valence electrons. The lowest BCUT2D eigenvalue weighted by Crippen LogP contribution is -2.41. The third kappa shape index (κ3) is 4.03. The van der Waals surface area contributed by atoms with Gasteiger partial charge in [0.05, 0.1) is 0 Å². The van der Waals surface area contributed by atoms with Gasteiger partial charge in [-0.1, -0.05) is 13.8 Å². The van der Waals surface area contributed by atoms with Crippen LogP contribution in [0.1, 0.15) is 26.0 Å². The summed E-state index contributed by atoms with van der Waals surface area (Å²) in [6.07, 6.45) is 0.548. The van der Waals surface area contributed by atoms with Gasteiger partial charge in [0.2, 0.25) is 0 Å². The Morgan fingerprint density at radius 2 is 2.22 bits per heavy atom. The molecule has 0 aliphatic heterocycles. The number of aromatic nitrogens is 2. The van der Waals surface area contributed by atoms with Gasteiger partial charge in [-0.2, -0.15) is 5.10 Å². The molecule has 0 aliphatic carbocycles. The van der Waals surface area contributed by atoms with E-state index in [2.05, 4.69) is 15.7 Å². The Morgan fingerprint density at radius 3 is 2.67 bits per heavy atom. The maximum absolute atomic E-state index is 11.8. The fourth-order valence-corrected chi connectivity index (χ4v) is 1.65. The van der Waals surface area contributed by atoms with Crippen LogP contribution in [0.15, 0.2) is 6.07 Å². The van der Waals surface area contributed by atoms with E-state index in [4.69, 9.17) is 5.11 Å². The lowest BCUT2D eigenvalue weighted by Gasteiger charge is -2.21. The minimum Gasteiger partial charge on any atom is -0.396 e. The first-order valence-electron chi connectivity index (χ1n) is 6.13. The Balaban J connectivity index is 2.54. The van der Waals surface area contributed by atoms with Crippen molar-refractivity contribution in [2.45, 2.75) is 33.2 Å². The predicted molar refractivity (Wildman–Crippen MR) is 70.4 cm³/mol. The van der Waals surface area contributed by atoms with E-state index in [0.717, 1.165) is 5.69 Å². The van der Waals surface area contributed by atoms with Gasteiger partial charge in [-0.25, -0.2) is 4.79 Å². The third-order valence-corrected chi connectivity index (χ3v) is 2.92. The first kappa shape index (κ1) is 14.5. The van der Waals surface area contributed by atoms with Gasteiger partial charge in [-0.3, -0.25) is 10.00 Å². The highest BCUT2D eigenvalue weighted by atomic mass is 16.3. The molecule has 0 radical (unpaired) electrons. The van der Waals surface area contributed by atoms with Crippen LogP contribution in [0.5, 0.6) is 0 Å². The van der Waals surface area contributed by atoms with E-state index in [1.54, 1.807) is 10.7 Å². The first-order chi connectivity index (χ1) is 8.43. The highest BCUT2D eigenvalue weighted by Gasteiger charge is 2.16. The normalized spacial score (nSPS) is 12.6. The highest BCUT2D eigenvalue weighted by Crippen LogP contribution is 2.08. The smallest absolute Gasteiger partial charge is 0.320 e. The molecular weight excluding hydrogens is 232 g/mol. The second-order valence-electron chi connectivity index (χ2n) is 4.76. The average molecular weight is 254 g/mol. The van der Waals surface area contributed by atoms with Gasteiger partial charge >= 0.3 is 6.03 Å². The van der Waals surface area contributed by atoms with Crippen molar-refractivity contribution >= 4 is 11.8 Å². The van der Waals surface area contributed by atoms with Gasteiger partial charge in [0.1, 0.15) is 0 Å². The molecule has 18 heavy (non-hydrogen) atoms. The van der Waals surface area contributed by atoms with Gasteiger partial charge in [0.25, 0.3) is 0 Å². The topological polar surface area (TPSA) is 79.2 Å². The highest BCUT2D eigenvalue weighted by molar-refractivity contribution is 5.88. The number of aliphatic hydroxyl groups is 1. The Hall–Kier alpha value is -1.56. The number of urea groups is 1. The van der Waals surface area contributed by atoms with Gasteiger partial charge in [-0.15, -0.1) is 0 Å². The molecular formula is C12H22N4O2. The molecule has 1 rings (SSSR count). The molecule has 2 amide bonds. The van der Waals surface area contributed by atoms with Crippen LogP contribution in [-0.4, -0.2) is 33.6 Å². The molecule has 0 spiro atoms. The number of hydrogen-bond donors (Lipinski definition) is 3. The van der Waals surface area contributed by atoms with Crippen molar-refractivity contribution in [1.29, 1.82) is 0 Å². The minimum absolute atomic E-state index is 0.0418. The van der Waals surface area contributed by atoms with Crippen molar-refractivity contribution in [2.75, 3.05) is 11.9 Å². The molecule has 0 aromatic carbocycles. The molecule has 6 heteroatoms. The first-order valence-corrected chi connectivity index (χ1v) is 6.13. The molecule has 3 N–H and O–H groups in total. The Bertz CT molecular complexity index is 381. The summed E-state index contributed by atoms with van der Waals surface area (Å²) in [5.74, 6) is 0.798. The van der Waals surface area contributed by atoms with E-state index in [0.29, 0.717) is 12.2 Å². The number of carbonyl (C=O) groups excluding carboxylic acids is 1. The molecule has 1 heterocycles. The molecule has 0 saturated heterocycles. The standard InChI is InChI=1S/C12H22N4O2/c1-8(2)10(5-6-17)13-12(18)14-11-7-9(3)16(4)15-11/h7-8,10,17H,5-6H2,1-4H3,(H2,13,14,15,18). The fourth-order valence-electron chi connectivity index (χ4n) is 1.65. The van der Waals surface area contributed by atoms with Crippen LogP contribution in [-0.2, 0) is 7.05 Å². The maximum atomic E-state index is 11.8. The fraction of sp³-hybridized carbons (Fsp3) is 0.667. The summed E-state index contributed by atoms with van der Waals surface area (Å²) in [7, 11) is 1.82. The number of hydrogen-bond acceptors (Lipinski definition) is 3. The largest absolute Gasteiger partial charge is 0.396 e. The van der Waals surface area contributed by atoms with Crippen LogP contribution in [0.2, 0.25) is 0 Å². The van der Waals surface area contributed by atoms with Crippen LogP contribution in [0.4, 0.5) is 10.6 Å². The predicted octanol–water partition coefficient (Wildman–Crippen LogP) is 1.26. The van der Waals surface area contributed by atoms with Crippen LogP contribution in [0.3, 0.4) is 0 Å². The molecule has 1 atom stereocenters. The Kier molecular flexibility index (Phi) is 5.15. The van der Waals surface area contributed by atoms with Crippen molar-refractivity contribution in [2.24, 2.45) is 13.0 Å². The van der Waals surface area contributed by atoms with E-state index in [1.807, 2.05) is 27.8 Å². The second-order valence-corrected chi connectivity index (χ2v) is 4.76. The average Bonchev–Trinajstić information content (AvgIpc) is 2.57. The monoisotopic (exact) mass is 254 g/mol. The maximum Gasteiger partial charge on any atom is 0.320 e. The minimum atomic E-state index is -0.291. The van der Waals surface area contributed by atoms with Crippen LogP contribution < -0.4 is 10.6 Å². The third-order valence-electron chi connectivity index (χ3n) is 2.92. The summed E-state index contributed by atoms with van der Waals surface area (Å²) in [6.45, 7) is 5.99. The molecule has 1 aromatic heterocycles. The number of nitrogens with zero attached hydrogens (tertiary/aromatic N) is 2. The SMILES string of the molecule is Cc1cc(NC(=O)NC(CCO)C(C)C)nn1C. The zero-order valence-corrected chi connectivity index (χ0v) is 11.4. The van der Waals surface area contributed by atoms with Gasteiger partial charge in [-0.05, 0) is 19.3 Å². The summed E-state index contributed by atoms with van der Waals surface area (Å²) >= 11 is 0. The molecule has 1 unspecified atom stereocenters. The number of carbonyl (C=O) groups is 1. The van der Waals surface area contributed by atoms with Crippen LogP contribution in [0.25, 0.3) is 0 Å². The van der Waals surface area contributed by atoms with Crippen molar-refractivity contribution in [3.05, 3.63) is 11.8 Å². The van der Waals surface area contributed by atoms with Gasteiger partial charge in [0.15, 0.2) is 5.82 Å². The number of rotatable bonds is 5. The molecule has 0 aliphatic rings. The number of nitrogens with one attached hydrogen (secondary N) is 2. The van der Waals surface area contributed by atoms with Gasteiger partial charge < -0.3 is 10.4 Å². The van der Waals surface area contributed by atoms with Crippen molar-refractivity contribution in [1.82, 2.24) is 15.1 Å². The summed E-state index contributed by atoms with van der Waals surface area (Å²) in [5, 5.41) is 18.6. The van der Waals surface area contributed by atoms with E-state index >= 15 is 0 Å². The van der Waals surface area contributed by atoms with Crippen molar-refractivity contribution < 1.29 is 9.90 Å². The second kappa shape index (κ2) is 6.39. The lowest BCUT2D eigenvalue weighted by atomic mass is 10.0. The zero-order valence-electron chi connectivity index (χ0n) is 11.4. The number of aryl methyl sites for hydroxylation is 2. The van der Waals surface area contributed by atoms with Crippen LogP contribution >= 0.6 is 0 Å². The lowest BCUT2D eigenvalue weighted by molar-refractivity contribution is 0.227. The van der Waals surface area contributed by atoms with E-state index in [9.17, 15) is 4.79 Å². The zero-order chi connectivity index (χ0) is 13.7. The number of anilines is 1. The quantitative estimate of drug-likeness (QED) is 0.740. The van der Waals surface area contributed by atoms with Crippen molar-refractivity contribution in [3.8, 4) is 0 Å². The molecule has 0 fully saturated rings. The Morgan fingerprint density at radius 1 is 1.56 bits per heavy atom. The van der Waals surface area contributed by atoms with Crippen LogP contribution in [0, 0.1) is 12.8 Å². The molecule has 6 nitrogen and oxygen atoms in total. The summed E-state index contributed by atoms with van der Waals surface area (Å²) < 4.78 is 1.70. The van der Waals surface area contributed by atoms with Crippen molar-refractivity contribution in [3.63, 3.8) is 0 Å². The molecule has 0 saturated carbocycles. The molecule has 0 bridgehead atoms. The number of aliphatic hydroxyl groups excluding tert-OH is 1. The number of amides is 2. The summed E-state index contributed by atoms with van der Waals surface area (Å²) in [4.78, 5) is 11.8. The molecule has 1 aromatic rings. The Labute approximate surface area is 107 Å². The van der Waals surface area contributed by atoms with E-state index < -0.39 is 0 Å². The summed E-state index contributed by atoms with van der Waals surface area (Å²) in [5.41, 5.74) is 0.973.